The highest BCUT2D eigenvalue weighted by molar-refractivity contribution is 5.33. The monoisotopic (exact) mass is 188 g/mol. The summed E-state index contributed by atoms with van der Waals surface area (Å²) in [6, 6.07) is 2.13. The van der Waals surface area contributed by atoms with E-state index in [0.717, 1.165) is 19.4 Å². The number of pyridine rings is 1. The average Bonchev–Trinajstić information content (AvgIpc) is 2.60. The predicted octanol–water partition coefficient (Wildman–Crippen LogP) is 2.59. The number of aromatic nitrogens is 1. The van der Waals surface area contributed by atoms with Gasteiger partial charge in [-0.3, -0.25) is 4.98 Å². The molecule has 0 unspecified atom stereocenters. The normalized spacial score (nSPS) is 23.7. The van der Waals surface area contributed by atoms with Crippen LogP contribution >= 0.6 is 0 Å². The van der Waals surface area contributed by atoms with Gasteiger partial charge in [0.15, 0.2) is 0 Å². The smallest absolute Gasteiger partial charge is 0.0940 e. The number of fused-ring (bicyclic) bond motifs is 2. The van der Waals surface area contributed by atoms with Gasteiger partial charge in [-0.05, 0) is 43.7 Å². The Labute approximate surface area is 84.3 Å². The summed E-state index contributed by atoms with van der Waals surface area (Å²) < 4.78 is 5.99. The molecular formula is C12H14NO. The maximum atomic E-state index is 5.99. The lowest BCUT2D eigenvalue weighted by Crippen LogP contribution is -2.28. The Bertz CT molecular complexity index is 336. The summed E-state index contributed by atoms with van der Waals surface area (Å²) >= 11 is 0. The Morgan fingerprint density at radius 3 is 3.00 bits per heavy atom. The SMILES string of the molecule is [CH]1CCC2(CC1)OCc1cnccc12. The van der Waals surface area contributed by atoms with Crippen molar-refractivity contribution in [2.24, 2.45) is 0 Å². The fourth-order valence-electron chi connectivity index (χ4n) is 2.63. The highest BCUT2D eigenvalue weighted by atomic mass is 16.5. The third kappa shape index (κ3) is 1.10. The van der Waals surface area contributed by atoms with Gasteiger partial charge in [0.2, 0.25) is 0 Å². The van der Waals surface area contributed by atoms with Crippen LogP contribution in [0.25, 0.3) is 0 Å². The molecule has 2 heteroatoms. The second-order valence-electron chi connectivity index (χ2n) is 4.18. The number of hydrogen-bond donors (Lipinski definition) is 0. The van der Waals surface area contributed by atoms with Gasteiger partial charge in [0, 0.05) is 18.0 Å². The average molecular weight is 188 g/mol. The molecule has 1 aliphatic heterocycles. The van der Waals surface area contributed by atoms with Crippen LogP contribution in [-0.4, -0.2) is 4.98 Å². The molecule has 2 aliphatic rings. The maximum Gasteiger partial charge on any atom is 0.0940 e. The molecule has 0 N–H and O–H groups in total. The van der Waals surface area contributed by atoms with E-state index in [1.54, 1.807) is 0 Å². The fourth-order valence-corrected chi connectivity index (χ4v) is 2.63. The number of hydrogen-bond acceptors (Lipinski definition) is 2. The summed E-state index contributed by atoms with van der Waals surface area (Å²) in [5, 5.41) is 0. The van der Waals surface area contributed by atoms with Crippen LogP contribution in [0.1, 0.15) is 36.8 Å². The van der Waals surface area contributed by atoms with Crippen molar-refractivity contribution < 1.29 is 4.74 Å². The van der Waals surface area contributed by atoms with Gasteiger partial charge in [-0.25, -0.2) is 0 Å². The van der Waals surface area contributed by atoms with Crippen LogP contribution in [0, 0.1) is 6.42 Å². The summed E-state index contributed by atoms with van der Waals surface area (Å²) in [4.78, 5) is 4.15. The number of ether oxygens (including phenoxy) is 1. The zero-order valence-corrected chi connectivity index (χ0v) is 8.20. The van der Waals surface area contributed by atoms with Crippen molar-refractivity contribution in [3.63, 3.8) is 0 Å². The molecule has 0 atom stereocenters. The fraction of sp³-hybridized carbons (Fsp3) is 0.500. The summed E-state index contributed by atoms with van der Waals surface area (Å²) in [6.45, 7) is 0.753. The molecule has 14 heavy (non-hydrogen) atoms. The minimum absolute atomic E-state index is 0.0347. The topological polar surface area (TPSA) is 22.1 Å². The van der Waals surface area contributed by atoms with Gasteiger partial charge in [0.1, 0.15) is 0 Å². The van der Waals surface area contributed by atoms with Gasteiger partial charge < -0.3 is 4.74 Å². The lowest BCUT2D eigenvalue weighted by atomic mass is 9.80. The Morgan fingerprint density at radius 2 is 2.14 bits per heavy atom. The van der Waals surface area contributed by atoms with Gasteiger partial charge in [0.05, 0.1) is 12.2 Å². The first kappa shape index (κ1) is 8.42. The second kappa shape index (κ2) is 3.06. The molecule has 73 valence electrons. The van der Waals surface area contributed by atoms with E-state index in [-0.39, 0.29) is 5.60 Å². The van der Waals surface area contributed by atoms with Gasteiger partial charge in [-0.15, -0.1) is 0 Å². The minimum Gasteiger partial charge on any atom is -0.366 e. The van der Waals surface area contributed by atoms with Crippen molar-refractivity contribution in [1.29, 1.82) is 0 Å². The van der Waals surface area contributed by atoms with E-state index >= 15 is 0 Å². The third-order valence-electron chi connectivity index (χ3n) is 3.40. The predicted molar refractivity (Wildman–Crippen MR) is 53.5 cm³/mol. The van der Waals surface area contributed by atoms with Crippen molar-refractivity contribution in [1.82, 2.24) is 4.98 Å². The first-order chi connectivity index (χ1) is 6.91. The van der Waals surface area contributed by atoms with E-state index in [9.17, 15) is 0 Å². The number of nitrogens with zero attached hydrogens (tertiary/aromatic N) is 1. The number of rotatable bonds is 0. The van der Waals surface area contributed by atoms with Crippen LogP contribution in [0.15, 0.2) is 18.5 Å². The highest BCUT2D eigenvalue weighted by Crippen LogP contribution is 2.45. The molecule has 3 rings (SSSR count). The zero-order chi connectivity index (χ0) is 9.43. The molecular weight excluding hydrogens is 174 g/mol. The van der Waals surface area contributed by atoms with Crippen molar-refractivity contribution in [2.45, 2.75) is 37.9 Å². The lowest BCUT2D eigenvalue weighted by molar-refractivity contribution is -0.0577. The van der Waals surface area contributed by atoms with E-state index in [0.29, 0.717) is 0 Å². The highest BCUT2D eigenvalue weighted by Gasteiger charge is 2.40. The van der Waals surface area contributed by atoms with E-state index < -0.39 is 0 Å². The van der Waals surface area contributed by atoms with Crippen LogP contribution in [0.5, 0.6) is 0 Å². The Hall–Kier alpha value is -0.890. The van der Waals surface area contributed by atoms with E-state index in [1.807, 2.05) is 12.4 Å². The summed E-state index contributed by atoms with van der Waals surface area (Å²) in [5.74, 6) is 0. The molecule has 1 saturated carbocycles. The van der Waals surface area contributed by atoms with E-state index in [1.165, 1.54) is 24.0 Å². The van der Waals surface area contributed by atoms with Crippen LogP contribution < -0.4 is 0 Å². The summed E-state index contributed by atoms with van der Waals surface area (Å²) in [7, 11) is 0. The standard InChI is InChI=1S/C12H14NO/c1-2-5-12(6-3-1)11-4-7-13-8-10(11)9-14-12/h1,4,7-8H,2-3,5-6,9H2. The quantitative estimate of drug-likeness (QED) is 0.624. The molecule has 0 saturated heterocycles. The van der Waals surface area contributed by atoms with Gasteiger partial charge in [-0.2, -0.15) is 0 Å². The lowest BCUT2D eigenvalue weighted by Gasteiger charge is -2.33. The third-order valence-corrected chi connectivity index (χ3v) is 3.40. The zero-order valence-electron chi connectivity index (χ0n) is 8.20. The molecule has 1 aromatic heterocycles. The maximum absolute atomic E-state index is 5.99. The summed E-state index contributed by atoms with van der Waals surface area (Å²) in [5.41, 5.74) is 2.71. The molecule has 1 fully saturated rings. The molecule has 0 amide bonds. The first-order valence-corrected chi connectivity index (χ1v) is 5.30. The Morgan fingerprint density at radius 1 is 1.29 bits per heavy atom. The van der Waals surface area contributed by atoms with Crippen LogP contribution in [0.3, 0.4) is 0 Å². The van der Waals surface area contributed by atoms with E-state index in [4.69, 9.17) is 4.74 Å². The van der Waals surface area contributed by atoms with Crippen LogP contribution in [0.2, 0.25) is 0 Å². The van der Waals surface area contributed by atoms with Crippen LogP contribution in [0.4, 0.5) is 0 Å². The second-order valence-corrected chi connectivity index (χ2v) is 4.18. The van der Waals surface area contributed by atoms with Crippen molar-refractivity contribution in [3.8, 4) is 0 Å². The molecule has 2 nitrogen and oxygen atoms in total. The van der Waals surface area contributed by atoms with E-state index in [2.05, 4.69) is 17.5 Å². The minimum atomic E-state index is 0.0347. The van der Waals surface area contributed by atoms with Crippen molar-refractivity contribution in [3.05, 3.63) is 36.0 Å². The molecule has 1 radical (unpaired) electrons. The first-order valence-electron chi connectivity index (χ1n) is 5.30. The van der Waals surface area contributed by atoms with Gasteiger partial charge in [-0.1, -0.05) is 0 Å². The Balaban J connectivity index is 2.03. The van der Waals surface area contributed by atoms with Gasteiger partial charge in [0.25, 0.3) is 0 Å². The molecule has 0 bridgehead atoms. The van der Waals surface area contributed by atoms with Gasteiger partial charge >= 0.3 is 0 Å². The molecule has 1 spiro atoms. The summed E-state index contributed by atoms with van der Waals surface area (Å²) in [6.07, 6.45) is 10.8. The van der Waals surface area contributed by atoms with Crippen LogP contribution in [-0.2, 0) is 16.9 Å². The largest absolute Gasteiger partial charge is 0.366 e. The molecule has 1 aromatic rings. The molecule has 1 aliphatic carbocycles. The molecule has 2 heterocycles. The Kier molecular flexibility index (Phi) is 1.84. The molecule has 0 aromatic carbocycles. The van der Waals surface area contributed by atoms with Crippen molar-refractivity contribution in [2.75, 3.05) is 0 Å². The van der Waals surface area contributed by atoms with Crippen molar-refractivity contribution >= 4 is 0 Å².